The van der Waals surface area contributed by atoms with E-state index in [2.05, 4.69) is 15.0 Å². The summed E-state index contributed by atoms with van der Waals surface area (Å²) in [5.41, 5.74) is 1.98. The zero-order valence-corrected chi connectivity index (χ0v) is 14.4. The number of nitrogens with one attached hydrogen (secondary N) is 1. The molecular weight excluding hydrogens is 350 g/mol. The average molecular weight is 364 g/mol. The molecule has 0 bridgehead atoms. The standard InChI is InChI=1S/C16H14ClN3O3S/c1-23-14(21)6-7-18-15(22)13-9-24-16-19-12(8-20(13)16)10-4-2-3-5-11(10)17/h2-5,8-9H,6-7H2,1H3,(H,18,22). The van der Waals surface area contributed by atoms with Crippen molar-refractivity contribution in [1.29, 1.82) is 0 Å². The first kappa shape index (κ1) is 16.5. The lowest BCUT2D eigenvalue weighted by molar-refractivity contribution is -0.140. The van der Waals surface area contributed by atoms with Gasteiger partial charge in [0, 0.05) is 23.7 Å². The summed E-state index contributed by atoms with van der Waals surface area (Å²) in [5.74, 6) is -0.636. The van der Waals surface area contributed by atoms with Gasteiger partial charge in [-0.3, -0.25) is 14.0 Å². The fraction of sp³-hybridized carbons (Fsp3) is 0.188. The maximum absolute atomic E-state index is 12.3. The molecule has 3 rings (SSSR count). The minimum atomic E-state index is -0.366. The van der Waals surface area contributed by atoms with Crippen LogP contribution >= 0.6 is 22.9 Å². The van der Waals surface area contributed by atoms with E-state index in [1.807, 2.05) is 18.2 Å². The highest BCUT2D eigenvalue weighted by Crippen LogP contribution is 2.28. The molecule has 0 aliphatic rings. The highest BCUT2D eigenvalue weighted by atomic mass is 35.5. The number of amides is 1. The Morgan fingerprint density at radius 2 is 2.17 bits per heavy atom. The van der Waals surface area contributed by atoms with E-state index in [0.717, 1.165) is 5.56 Å². The van der Waals surface area contributed by atoms with Crippen LogP contribution in [0, 0.1) is 0 Å². The van der Waals surface area contributed by atoms with E-state index in [0.29, 0.717) is 21.4 Å². The van der Waals surface area contributed by atoms with E-state index in [1.54, 1.807) is 22.0 Å². The van der Waals surface area contributed by atoms with Gasteiger partial charge in [0.15, 0.2) is 4.96 Å². The second kappa shape index (κ2) is 7.02. The first-order valence-electron chi connectivity index (χ1n) is 7.16. The number of carbonyl (C=O) groups is 2. The molecule has 2 heterocycles. The molecule has 0 aliphatic heterocycles. The van der Waals surface area contributed by atoms with E-state index < -0.39 is 0 Å². The lowest BCUT2D eigenvalue weighted by atomic mass is 10.2. The number of nitrogens with zero attached hydrogens (tertiary/aromatic N) is 2. The Kier molecular flexibility index (Phi) is 4.82. The number of benzene rings is 1. The minimum absolute atomic E-state index is 0.129. The van der Waals surface area contributed by atoms with Gasteiger partial charge in [-0.2, -0.15) is 0 Å². The summed E-state index contributed by atoms with van der Waals surface area (Å²) in [6.07, 6.45) is 1.91. The monoisotopic (exact) mass is 363 g/mol. The number of esters is 1. The molecule has 0 aliphatic carbocycles. The molecule has 0 saturated carbocycles. The molecule has 0 saturated heterocycles. The van der Waals surface area contributed by atoms with Gasteiger partial charge in [-0.1, -0.05) is 29.8 Å². The highest BCUT2D eigenvalue weighted by Gasteiger charge is 2.16. The summed E-state index contributed by atoms with van der Waals surface area (Å²) in [7, 11) is 1.31. The summed E-state index contributed by atoms with van der Waals surface area (Å²) in [5, 5.41) is 5.03. The Morgan fingerprint density at radius 3 is 2.92 bits per heavy atom. The Morgan fingerprint density at radius 1 is 1.38 bits per heavy atom. The van der Waals surface area contributed by atoms with Crippen LogP contribution in [-0.2, 0) is 9.53 Å². The van der Waals surface area contributed by atoms with Crippen LogP contribution in [0.4, 0.5) is 0 Å². The van der Waals surface area contributed by atoms with Crippen LogP contribution in [0.15, 0.2) is 35.8 Å². The molecule has 3 aromatic rings. The summed E-state index contributed by atoms with van der Waals surface area (Å²) < 4.78 is 6.26. The number of hydrogen-bond donors (Lipinski definition) is 1. The SMILES string of the molecule is COC(=O)CCNC(=O)c1csc2nc(-c3ccccc3Cl)cn12. The third-order valence-corrected chi connectivity index (χ3v) is 4.60. The summed E-state index contributed by atoms with van der Waals surface area (Å²) in [6, 6.07) is 7.41. The van der Waals surface area contributed by atoms with Crippen LogP contribution in [0.2, 0.25) is 5.02 Å². The summed E-state index contributed by atoms with van der Waals surface area (Å²) in [4.78, 5) is 28.6. The average Bonchev–Trinajstić information content (AvgIpc) is 3.15. The largest absolute Gasteiger partial charge is 0.469 e. The number of ether oxygens (including phenoxy) is 1. The lowest BCUT2D eigenvalue weighted by Crippen LogP contribution is -2.27. The molecule has 0 atom stereocenters. The van der Waals surface area contributed by atoms with Crippen LogP contribution in [0.3, 0.4) is 0 Å². The van der Waals surface area contributed by atoms with Crippen molar-refractivity contribution in [2.75, 3.05) is 13.7 Å². The maximum Gasteiger partial charge on any atom is 0.307 e. The third kappa shape index (κ3) is 3.27. The molecule has 1 amide bonds. The van der Waals surface area contributed by atoms with Gasteiger partial charge in [0.25, 0.3) is 5.91 Å². The van der Waals surface area contributed by atoms with E-state index in [1.165, 1.54) is 18.4 Å². The molecule has 0 radical (unpaired) electrons. The van der Waals surface area contributed by atoms with Crippen molar-refractivity contribution >= 4 is 39.8 Å². The number of aromatic nitrogens is 2. The quantitative estimate of drug-likeness (QED) is 0.707. The molecule has 1 N–H and O–H groups in total. The molecule has 8 heteroatoms. The van der Waals surface area contributed by atoms with Crippen molar-refractivity contribution < 1.29 is 14.3 Å². The van der Waals surface area contributed by atoms with Crippen LogP contribution in [-0.4, -0.2) is 34.9 Å². The van der Waals surface area contributed by atoms with Gasteiger partial charge in [0.05, 0.1) is 24.2 Å². The fourth-order valence-electron chi connectivity index (χ4n) is 2.22. The van der Waals surface area contributed by atoms with Crippen molar-refractivity contribution in [3.8, 4) is 11.3 Å². The van der Waals surface area contributed by atoms with Crippen LogP contribution in [0.1, 0.15) is 16.9 Å². The topological polar surface area (TPSA) is 72.7 Å². The smallest absolute Gasteiger partial charge is 0.307 e. The molecule has 124 valence electrons. The number of rotatable bonds is 5. The zero-order valence-electron chi connectivity index (χ0n) is 12.8. The molecule has 0 spiro atoms. The van der Waals surface area contributed by atoms with Gasteiger partial charge in [-0.15, -0.1) is 11.3 Å². The Bertz CT molecular complexity index is 903. The summed E-state index contributed by atoms with van der Waals surface area (Å²) >= 11 is 7.56. The van der Waals surface area contributed by atoms with E-state index >= 15 is 0 Å². The lowest BCUT2D eigenvalue weighted by Gasteiger charge is -2.03. The van der Waals surface area contributed by atoms with Crippen LogP contribution < -0.4 is 5.32 Å². The number of thiazole rings is 1. The first-order chi connectivity index (χ1) is 11.6. The Labute approximate surface area is 147 Å². The number of carbonyl (C=O) groups excluding carboxylic acids is 2. The molecule has 0 unspecified atom stereocenters. The molecular formula is C16H14ClN3O3S. The van der Waals surface area contributed by atoms with Crippen molar-refractivity contribution in [3.05, 3.63) is 46.6 Å². The number of hydrogen-bond acceptors (Lipinski definition) is 5. The predicted molar refractivity (Wildman–Crippen MR) is 92.5 cm³/mol. The van der Waals surface area contributed by atoms with Gasteiger partial charge in [-0.25, -0.2) is 4.98 Å². The van der Waals surface area contributed by atoms with Crippen LogP contribution in [0.5, 0.6) is 0 Å². The van der Waals surface area contributed by atoms with Gasteiger partial charge in [0.1, 0.15) is 5.69 Å². The highest BCUT2D eigenvalue weighted by molar-refractivity contribution is 7.15. The van der Waals surface area contributed by atoms with Crippen molar-refractivity contribution in [2.45, 2.75) is 6.42 Å². The van der Waals surface area contributed by atoms with Gasteiger partial charge < -0.3 is 10.1 Å². The fourth-order valence-corrected chi connectivity index (χ4v) is 3.30. The number of imidazole rings is 1. The normalized spacial score (nSPS) is 10.8. The van der Waals surface area contributed by atoms with E-state index in [-0.39, 0.29) is 24.8 Å². The van der Waals surface area contributed by atoms with Gasteiger partial charge in [0.2, 0.25) is 0 Å². The van der Waals surface area contributed by atoms with Crippen molar-refractivity contribution in [1.82, 2.24) is 14.7 Å². The molecule has 24 heavy (non-hydrogen) atoms. The van der Waals surface area contributed by atoms with E-state index in [4.69, 9.17) is 11.6 Å². The second-order valence-corrected chi connectivity index (χ2v) is 6.21. The Hall–Kier alpha value is -2.38. The Balaban J connectivity index is 1.82. The number of halogens is 1. The third-order valence-electron chi connectivity index (χ3n) is 3.43. The summed E-state index contributed by atoms with van der Waals surface area (Å²) in [6.45, 7) is 0.217. The van der Waals surface area contributed by atoms with Crippen molar-refractivity contribution in [2.24, 2.45) is 0 Å². The van der Waals surface area contributed by atoms with Crippen molar-refractivity contribution in [3.63, 3.8) is 0 Å². The second-order valence-electron chi connectivity index (χ2n) is 4.96. The molecule has 6 nitrogen and oxygen atoms in total. The van der Waals surface area contributed by atoms with E-state index in [9.17, 15) is 9.59 Å². The molecule has 2 aromatic heterocycles. The zero-order chi connectivity index (χ0) is 17.1. The van der Waals surface area contributed by atoms with Gasteiger partial charge >= 0.3 is 5.97 Å². The number of methoxy groups -OCH3 is 1. The maximum atomic E-state index is 12.3. The van der Waals surface area contributed by atoms with Crippen LogP contribution in [0.25, 0.3) is 16.2 Å². The van der Waals surface area contributed by atoms with Gasteiger partial charge in [-0.05, 0) is 6.07 Å². The molecule has 1 aromatic carbocycles. The first-order valence-corrected chi connectivity index (χ1v) is 8.42. The minimum Gasteiger partial charge on any atom is -0.469 e. The molecule has 0 fully saturated rings. The predicted octanol–water partition coefficient (Wildman–Crippen LogP) is 3.01. The number of fused-ring (bicyclic) bond motifs is 1.